The lowest BCUT2D eigenvalue weighted by Gasteiger charge is -2.50. The maximum Gasteiger partial charge on any atom is 0.353 e. The number of carbonyl (C=O) groups excluding carboxylic acids is 3. The lowest BCUT2D eigenvalue weighted by atomic mass is 10.1. The molecule has 250 valence electrons. The molecule has 4 rings (SSSR count). The maximum absolute atomic E-state index is 12.9. The van der Waals surface area contributed by atoms with Crippen molar-refractivity contribution >= 4 is 70.7 Å². The molecule has 1 unspecified atom stereocenters. The van der Waals surface area contributed by atoms with Gasteiger partial charge in [0, 0.05) is 35.5 Å². The van der Waals surface area contributed by atoms with Crippen LogP contribution in [0.1, 0.15) is 15.9 Å². The van der Waals surface area contributed by atoms with Crippen molar-refractivity contribution in [3.8, 4) is 5.75 Å². The number of aliphatic carboxylic acids is 1. The number of benzene rings is 2. The highest BCUT2D eigenvalue weighted by atomic mass is 35.5. The highest BCUT2D eigenvalue weighted by Crippen LogP contribution is 2.41. The normalized spacial score (nSPS) is 16.3. The Hall–Kier alpha value is -3.92. The number of amidine groups is 1. The molecule has 0 spiro atoms. The minimum Gasteiger partial charge on any atom is -0.489 e. The lowest BCUT2D eigenvalue weighted by Crippen LogP contribution is -2.69. The quantitative estimate of drug-likeness (QED) is 0.109. The summed E-state index contributed by atoms with van der Waals surface area (Å²) in [5.41, 5.74) is 0.714. The van der Waals surface area contributed by atoms with Crippen LogP contribution < -0.4 is 10.1 Å². The van der Waals surface area contributed by atoms with Gasteiger partial charge in [-0.25, -0.2) is 14.5 Å². The zero-order valence-corrected chi connectivity index (χ0v) is 27.8. The molecule has 2 aliphatic rings. The van der Waals surface area contributed by atoms with E-state index in [0.29, 0.717) is 63.5 Å². The van der Waals surface area contributed by atoms with Crippen molar-refractivity contribution in [3.63, 3.8) is 0 Å². The molecule has 16 heteroatoms. The lowest BCUT2D eigenvalue weighted by molar-refractivity contribution is -0.144. The molecule has 2 aliphatic heterocycles. The number of hydrogen-bond donors (Lipinski definition) is 2. The molecule has 0 bridgehead atoms. The second-order valence-corrected chi connectivity index (χ2v) is 11.7. The van der Waals surface area contributed by atoms with Crippen LogP contribution in [0.25, 0.3) is 0 Å². The maximum atomic E-state index is 12.9. The Morgan fingerprint density at radius 1 is 1.11 bits per heavy atom. The summed E-state index contributed by atoms with van der Waals surface area (Å²) in [7, 11) is 3.12. The zero-order chi connectivity index (χ0) is 33.9. The molecule has 0 aliphatic carbocycles. The van der Waals surface area contributed by atoms with Gasteiger partial charge in [0.2, 0.25) is 0 Å². The summed E-state index contributed by atoms with van der Waals surface area (Å²) in [5, 5.41) is 13.9. The van der Waals surface area contributed by atoms with E-state index in [1.165, 1.54) is 17.8 Å². The van der Waals surface area contributed by atoms with Gasteiger partial charge in [-0.05, 0) is 48.0 Å². The Morgan fingerprint density at radius 3 is 2.55 bits per heavy atom. The summed E-state index contributed by atoms with van der Waals surface area (Å²) >= 11 is 13.5. The number of aldehydes is 1. The topological polar surface area (TPSA) is 156 Å². The predicted octanol–water partition coefficient (Wildman–Crippen LogP) is 4.54. The van der Waals surface area contributed by atoms with E-state index in [-0.39, 0.29) is 37.9 Å². The number of aliphatic imine (C=N–C) groups is 1. The molecule has 3 amide bonds. The molecule has 2 N–H and O–H groups in total. The van der Waals surface area contributed by atoms with Crippen LogP contribution in [0.4, 0.5) is 10.5 Å². The Morgan fingerprint density at radius 2 is 1.83 bits per heavy atom. The SMILES string of the molecule is CN=C(Nc1ccc(Cl)cc1C=O)c1cc(Cl)ccc1OC/C=C/C1=C(C(=O)O)N2C(=O)N(C(=O)COCCOCCOC)C2SC1. The number of rotatable bonds is 16. The van der Waals surface area contributed by atoms with Gasteiger partial charge >= 0.3 is 12.0 Å². The highest BCUT2D eigenvalue weighted by molar-refractivity contribution is 8.00. The van der Waals surface area contributed by atoms with Crippen LogP contribution in [0, 0.1) is 0 Å². The third-order valence-electron chi connectivity index (χ3n) is 6.76. The number of anilines is 1. The molecule has 1 saturated heterocycles. The first-order chi connectivity index (χ1) is 22.7. The molecule has 2 aromatic carbocycles. The molecule has 1 fully saturated rings. The fraction of sp³-hybridized carbons (Fsp3) is 0.323. The van der Waals surface area contributed by atoms with Crippen molar-refractivity contribution in [2.75, 3.05) is 64.9 Å². The number of hydrogen-bond acceptors (Lipinski definition) is 10. The van der Waals surface area contributed by atoms with Crippen molar-refractivity contribution in [2.45, 2.75) is 5.50 Å². The second kappa shape index (κ2) is 17.3. The third kappa shape index (κ3) is 8.91. The molecular formula is C31H32Cl2N4O9S. The number of nitrogens with one attached hydrogen (secondary N) is 1. The average molecular weight is 708 g/mol. The van der Waals surface area contributed by atoms with Crippen LogP contribution in [0.5, 0.6) is 5.75 Å². The number of amides is 3. The molecule has 47 heavy (non-hydrogen) atoms. The molecular weight excluding hydrogens is 675 g/mol. The van der Waals surface area contributed by atoms with Crippen molar-refractivity contribution < 1.29 is 43.2 Å². The number of methoxy groups -OCH3 is 1. The standard InChI is InChI=1S/C31H32Cl2N4O9S/c1-34-28(35-24-7-5-21(32)14-20(24)16-38)23-15-22(33)6-8-25(23)46-9-3-4-19-18-47-31-36(30(42)37(31)27(19)29(40)41)26(39)17-45-13-12-44-11-10-43-2/h3-8,14-16,31H,9-13,17-18H2,1-2H3,(H,34,35)(H,40,41)/b4-3+. The summed E-state index contributed by atoms with van der Waals surface area (Å²) in [5.74, 6) is -0.853. The van der Waals surface area contributed by atoms with Gasteiger partial charge in [-0.15, -0.1) is 11.8 Å². The summed E-state index contributed by atoms with van der Waals surface area (Å²) in [6.07, 6.45) is 3.87. The number of thioether (sulfide) groups is 1. The van der Waals surface area contributed by atoms with E-state index in [1.807, 2.05) is 0 Å². The highest BCUT2D eigenvalue weighted by Gasteiger charge is 2.54. The van der Waals surface area contributed by atoms with Gasteiger partial charge in [-0.3, -0.25) is 19.5 Å². The minimum atomic E-state index is -1.30. The molecule has 0 radical (unpaired) electrons. The molecule has 0 aromatic heterocycles. The molecule has 1 atom stereocenters. The number of carboxylic acids is 1. The van der Waals surface area contributed by atoms with Crippen molar-refractivity contribution in [1.29, 1.82) is 0 Å². The fourth-order valence-electron chi connectivity index (χ4n) is 4.55. The number of urea groups is 1. The van der Waals surface area contributed by atoms with Crippen LogP contribution in [0.15, 0.2) is 64.8 Å². The summed E-state index contributed by atoms with van der Waals surface area (Å²) in [6.45, 7) is 0.928. The van der Waals surface area contributed by atoms with Crippen LogP contribution in [0.2, 0.25) is 10.0 Å². The largest absolute Gasteiger partial charge is 0.489 e. The van der Waals surface area contributed by atoms with Gasteiger partial charge < -0.3 is 29.4 Å². The number of ether oxygens (including phenoxy) is 4. The Labute approximate surface area is 285 Å². The number of halogens is 2. The summed E-state index contributed by atoms with van der Waals surface area (Å²) in [4.78, 5) is 55.7. The van der Waals surface area contributed by atoms with E-state index in [1.54, 1.807) is 56.6 Å². The van der Waals surface area contributed by atoms with Gasteiger partial charge in [0.05, 0.1) is 37.7 Å². The van der Waals surface area contributed by atoms with Crippen LogP contribution >= 0.6 is 35.0 Å². The van der Waals surface area contributed by atoms with Crippen LogP contribution in [-0.4, -0.2) is 110 Å². The number of nitrogens with zero attached hydrogens (tertiary/aromatic N) is 3. The number of carboxylic acid groups (broad SMARTS) is 1. The summed E-state index contributed by atoms with van der Waals surface area (Å²) in [6, 6.07) is 9.03. The van der Waals surface area contributed by atoms with Crippen molar-refractivity contribution in [1.82, 2.24) is 9.80 Å². The van der Waals surface area contributed by atoms with Gasteiger partial charge in [0.1, 0.15) is 30.5 Å². The Bertz CT molecular complexity index is 1600. The van der Waals surface area contributed by atoms with Crippen LogP contribution in [-0.2, 0) is 23.8 Å². The average Bonchev–Trinajstić information content (AvgIpc) is 3.05. The third-order valence-corrected chi connectivity index (χ3v) is 8.42. The van der Waals surface area contributed by atoms with E-state index in [9.17, 15) is 24.3 Å². The van der Waals surface area contributed by atoms with E-state index < -0.39 is 23.4 Å². The van der Waals surface area contributed by atoms with E-state index in [2.05, 4.69) is 10.3 Å². The van der Waals surface area contributed by atoms with E-state index in [0.717, 1.165) is 9.80 Å². The first kappa shape index (κ1) is 35.9. The molecule has 13 nitrogen and oxygen atoms in total. The number of fused-ring (bicyclic) bond motifs is 1. The molecule has 2 aromatic rings. The van der Waals surface area contributed by atoms with Crippen molar-refractivity contribution in [3.05, 3.63) is 81.0 Å². The number of allylic oxidation sites excluding steroid dienone is 1. The summed E-state index contributed by atoms with van der Waals surface area (Å²) < 4.78 is 21.4. The van der Waals surface area contributed by atoms with Crippen LogP contribution in [0.3, 0.4) is 0 Å². The van der Waals surface area contributed by atoms with Crippen molar-refractivity contribution in [2.24, 2.45) is 4.99 Å². The van der Waals surface area contributed by atoms with E-state index >= 15 is 0 Å². The smallest absolute Gasteiger partial charge is 0.353 e. The monoisotopic (exact) mass is 706 g/mol. The van der Waals surface area contributed by atoms with Gasteiger partial charge in [-0.2, -0.15) is 0 Å². The van der Waals surface area contributed by atoms with Gasteiger partial charge in [-0.1, -0.05) is 29.3 Å². The van der Waals surface area contributed by atoms with Gasteiger partial charge in [0.15, 0.2) is 11.8 Å². The first-order valence-electron chi connectivity index (χ1n) is 14.2. The first-order valence-corrected chi connectivity index (χ1v) is 16.0. The van der Waals surface area contributed by atoms with Gasteiger partial charge in [0.25, 0.3) is 5.91 Å². The van der Waals surface area contributed by atoms with E-state index in [4.69, 9.17) is 42.1 Å². The number of imide groups is 1. The Balaban J connectivity index is 1.40. The minimum absolute atomic E-state index is 0.0295. The predicted molar refractivity (Wildman–Crippen MR) is 178 cm³/mol. The molecule has 2 heterocycles. The second-order valence-electron chi connectivity index (χ2n) is 9.79. The Kier molecular flexibility index (Phi) is 13.2. The molecule has 0 saturated carbocycles. The fourth-order valence-corrected chi connectivity index (χ4v) is 6.17. The number of carbonyl (C=O) groups is 4. The zero-order valence-electron chi connectivity index (χ0n) is 25.4.